The molecule has 12 aromatic carbocycles. The molecule has 0 atom stereocenters. The molecular weight excluding hydrogens is 1480 g/mol. The van der Waals surface area contributed by atoms with E-state index in [1.165, 1.54) is 137 Å². The fraction of sp³-hybridized carbons (Fsp3) is 0.143. The Bertz CT molecular complexity index is 3730. The summed E-state index contributed by atoms with van der Waals surface area (Å²) in [7, 11) is -27.6. The lowest BCUT2D eigenvalue weighted by atomic mass is 10.1. The van der Waals surface area contributed by atoms with Crippen molar-refractivity contribution in [3.05, 3.63) is 362 Å². The average molecular weight is 1560 g/mol. The molecule has 0 radical (unpaired) electrons. The van der Waals surface area contributed by atoms with Gasteiger partial charge in [-0.05, 0) is 243 Å². The van der Waals surface area contributed by atoms with Gasteiger partial charge in [0.1, 0.15) is 63.7 Å². The van der Waals surface area contributed by atoms with Gasteiger partial charge in [-0.15, -0.1) is 0 Å². The highest BCUT2D eigenvalue weighted by molar-refractivity contribution is 7.81. The summed E-state index contributed by atoms with van der Waals surface area (Å²) >= 11 is 0. The minimum atomic E-state index is -6.00. The van der Waals surface area contributed by atoms with Crippen molar-refractivity contribution in [2.45, 2.75) is 75.0 Å². The molecule has 0 saturated heterocycles. The van der Waals surface area contributed by atoms with Crippen LogP contribution in [0.25, 0.3) is 0 Å². The lowest BCUT2D eigenvalue weighted by molar-refractivity contribution is 0.366. The summed E-state index contributed by atoms with van der Waals surface area (Å²) in [6, 6.07) is 125. The Balaban J connectivity index is 0.000000153. The summed E-state index contributed by atoms with van der Waals surface area (Å²) < 4.78 is 156. The van der Waals surface area contributed by atoms with Crippen molar-refractivity contribution in [3.63, 3.8) is 0 Å². The summed E-state index contributed by atoms with van der Waals surface area (Å²) in [5.41, 5.74) is 6.08. The molecule has 0 bridgehead atoms. The van der Waals surface area contributed by atoms with E-state index in [0.29, 0.717) is 0 Å². The number of rotatable bonds is 16. The molecule has 0 aromatic heterocycles. The van der Waals surface area contributed by atoms with Crippen LogP contribution in [0.15, 0.2) is 340 Å². The van der Waals surface area contributed by atoms with Crippen LogP contribution in [0.5, 0.6) is 0 Å². The SMILES string of the molecule is F[B-](F)(F)F.F[B-](F)(F)F.F[B-](F)(F)F.F[B-](F)(F)F.c1ccc([PH+](c2ccccc2)c2ccc(C3CC3)cc2)cc1.c1ccc([PH+](c2ccccc2)c2ccc(C3CC3)cc2)cc1.c1ccc([PH+](c2ccccc2)c2ccc(C3CC3)cc2)cc1.c1ccc([PH+](c2ccccc2)c2ccc(C3CC3)cc2)cc1. The van der Waals surface area contributed by atoms with Gasteiger partial charge in [0.15, 0.2) is 0 Å². The zero-order valence-electron chi connectivity index (χ0n) is 58.7. The molecule has 108 heavy (non-hydrogen) atoms. The zero-order chi connectivity index (χ0) is 77.1. The Morgan fingerprint density at radius 2 is 0.241 bits per heavy atom. The number of halogens is 16. The van der Waals surface area contributed by atoms with E-state index in [1.807, 2.05) is 0 Å². The average Bonchev–Trinajstić information content (AvgIpc) is 1.48. The standard InChI is InChI=1S/4C21H19P.4BF4/c4*1-3-7-19(8-4-1)22(20-9-5-2-6-10-20)21-15-13-18(14-16-21)17-11-12-17;4*2-1(3,4)5/h4*1-10,13-17H,11-12H2;;;;/q;;;;4*-1/p+4. The first-order valence-electron chi connectivity index (χ1n) is 35.5. The van der Waals surface area contributed by atoms with E-state index in [1.54, 1.807) is 0 Å². The summed E-state index contributed by atoms with van der Waals surface area (Å²) in [6.07, 6.45) is 11.0. The van der Waals surface area contributed by atoms with Gasteiger partial charge in [0.05, 0.1) is 31.7 Å². The molecule has 4 saturated carbocycles. The van der Waals surface area contributed by atoms with Gasteiger partial charge in [0.2, 0.25) is 0 Å². The van der Waals surface area contributed by atoms with Crippen molar-refractivity contribution in [1.82, 2.24) is 0 Å². The molecule has 24 heteroatoms. The first kappa shape index (κ1) is 83.5. The molecule has 560 valence electrons. The summed E-state index contributed by atoms with van der Waals surface area (Å²) in [4.78, 5) is 0. The van der Waals surface area contributed by atoms with E-state index in [2.05, 4.69) is 340 Å². The molecule has 16 rings (SSSR count). The molecular formula is C84H80B4F16P4. The van der Waals surface area contributed by atoms with Crippen LogP contribution >= 0.6 is 31.7 Å². The molecule has 0 heterocycles. The Hall–Kier alpha value is -8.50. The van der Waals surface area contributed by atoms with Crippen LogP contribution in [-0.2, 0) is 0 Å². The van der Waals surface area contributed by atoms with E-state index < -0.39 is 60.7 Å². The van der Waals surface area contributed by atoms with Gasteiger partial charge < -0.3 is 69.1 Å². The Kier molecular flexibility index (Phi) is 31.6. The monoisotopic (exact) mass is 1560 g/mol. The first-order valence-corrected chi connectivity index (χ1v) is 41.5. The van der Waals surface area contributed by atoms with Crippen molar-refractivity contribution >= 4 is 124 Å². The van der Waals surface area contributed by atoms with E-state index in [4.69, 9.17) is 0 Å². The van der Waals surface area contributed by atoms with Crippen LogP contribution in [0.4, 0.5) is 69.1 Å². The maximum Gasteiger partial charge on any atom is 0.673 e. The number of hydrogen-bond acceptors (Lipinski definition) is 0. The van der Waals surface area contributed by atoms with Gasteiger partial charge in [0.25, 0.3) is 0 Å². The van der Waals surface area contributed by atoms with Crippen LogP contribution < -0.4 is 63.7 Å². The quantitative estimate of drug-likeness (QED) is 0.0514. The molecule has 0 unspecified atom stereocenters. The second-order valence-electron chi connectivity index (χ2n) is 26.0. The van der Waals surface area contributed by atoms with Crippen LogP contribution in [0.1, 0.15) is 97.3 Å². The molecule has 12 aromatic rings. The fourth-order valence-corrected chi connectivity index (χ4v) is 22.4. The third-order valence-corrected chi connectivity index (χ3v) is 28.4. The normalized spacial score (nSPS) is 13.8. The van der Waals surface area contributed by atoms with Gasteiger partial charge in [-0.25, -0.2) is 0 Å². The van der Waals surface area contributed by atoms with Crippen molar-refractivity contribution < 1.29 is 69.1 Å². The minimum absolute atomic E-state index is 0.832. The highest BCUT2D eigenvalue weighted by Gasteiger charge is 2.33. The highest BCUT2D eigenvalue weighted by atomic mass is 31.1. The summed E-state index contributed by atoms with van der Waals surface area (Å²) in [5.74, 6) is 3.33. The largest absolute Gasteiger partial charge is 0.673 e. The van der Waals surface area contributed by atoms with Gasteiger partial charge in [-0.1, -0.05) is 194 Å². The third kappa shape index (κ3) is 30.9. The third-order valence-electron chi connectivity index (χ3n) is 17.5. The Labute approximate surface area is 627 Å². The van der Waals surface area contributed by atoms with E-state index in [9.17, 15) is 69.1 Å². The topological polar surface area (TPSA) is 0 Å². The molecule has 0 spiro atoms. The lowest BCUT2D eigenvalue weighted by Crippen LogP contribution is -2.20. The van der Waals surface area contributed by atoms with Crippen molar-refractivity contribution in [1.29, 1.82) is 0 Å². The van der Waals surface area contributed by atoms with Gasteiger partial charge >= 0.3 is 29.0 Å². The predicted octanol–water partition coefficient (Wildman–Crippen LogP) is 21.4. The molecule has 4 fully saturated rings. The summed E-state index contributed by atoms with van der Waals surface area (Å²) in [5, 5.41) is 17.6. The number of benzene rings is 12. The molecule has 0 aliphatic heterocycles. The van der Waals surface area contributed by atoms with Gasteiger partial charge in [-0.2, -0.15) is 0 Å². The molecule has 0 N–H and O–H groups in total. The molecule has 4 aliphatic rings. The number of hydrogen-bond donors (Lipinski definition) is 0. The second kappa shape index (κ2) is 40.8. The lowest BCUT2D eigenvalue weighted by Gasteiger charge is -2.11. The Morgan fingerprint density at radius 1 is 0.148 bits per heavy atom. The highest BCUT2D eigenvalue weighted by Crippen LogP contribution is 2.44. The van der Waals surface area contributed by atoms with Crippen LogP contribution in [0.3, 0.4) is 0 Å². The Morgan fingerprint density at radius 3 is 0.333 bits per heavy atom. The van der Waals surface area contributed by atoms with E-state index in [0.717, 1.165) is 23.7 Å². The van der Waals surface area contributed by atoms with E-state index in [-0.39, 0.29) is 0 Å². The minimum Gasteiger partial charge on any atom is -0.418 e. The van der Waals surface area contributed by atoms with Gasteiger partial charge in [-0.3, -0.25) is 0 Å². The van der Waals surface area contributed by atoms with Crippen molar-refractivity contribution in [2.75, 3.05) is 0 Å². The first-order chi connectivity index (χ1) is 51.7. The molecule has 0 nitrogen and oxygen atoms in total. The summed E-state index contributed by atoms with van der Waals surface area (Å²) in [6.45, 7) is 0. The van der Waals surface area contributed by atoms with E-state index >= 15 is 0 Å². The van der Waals surface area contributed by atoms with Crippen LogP contribution in [0, 0.1) is 0 Å². The van der Waals surface area contributed by atoms with Crippen LogP contribution in [-0.4, -0.2) is 29.0 Å². The second-order valence-corrected chi connectivity index (χ2v) is 35.9. The van der Waals surface area contributed by atoms with Crippen molar-refractivity contribution in [2.24, 2.45) is 0 Å². The fourth-order valence-electron chi connectivity index (χ4n) is 12.2. The smallest absolute Gasteiger partial charge is 0.418 e. The molecule has 4 aliphatic carbocycles. The predicted molar refractivity (Wildman–Crippen MR) is 435 cm³/mol. The van der Waals surface area contributed by atoms with Gasteiger partial charge in [0, 0.05) is 0 Å². The van der Waals surface area contributed by atoms with Crippen LogP contribution in [0.2, 0.25) is 0 Å². The maximum absolute atomic E-state index is 9.75. The zero-order valence-corrected chi connectivity index (χ0v) is 62.7. The maximum atomic E-state index is 9.75. The van der Waals surface area contributed by atoms with Crippen molar-refractivity contribution in [3.8, 4) is 0 Å². The molecule has 0 amide bonds.